The molecule has 2 nitrogen and oxygen atoms in total. The summed E-state index contributed by atoms with van der Waals surface area (Å²) < 4.78 is 13.4. The van der Waals surface area contributed by atoms with Crippen molar-refractivity contribution in [1.82, 2.24) is 0 Å². The predicted molar refractivity (Wildman–Crippen MR) is 170 cm³/mol. The summed E-state index contributed by atoms with van der Waals surface area (Å²) in [7, 11) is 0. The monoisotopic (exact) mass is 530 g/mol. The van der Waals surface area contributed by atoms with Crippen LogP contribution in [0.3, 0.4) is 0 Å². The summed E-state index contributed by atoms with van der Waals surface area (Å²) in [6.45, 7) is 0.606. The van der Waals surface area contributed by atoms with Crippen molar-refractivity contribution >= 4 is 43.1 Å². The first-order valence-electron chi connectivity index (χ1n) is 14.5. The third kappa shape index (κ3) is 4.23. The molecule has 1 heterocycles. The zero-order chi connectivity index (χ0) is 27.2. The zero-order valence-corrected chi connectivity index (χ0v) is 22.7. The number of rotatable bonds is 4. The highest BCUT2D eigenvalue weighted by Crippen LogP contribution is 2.47. The molecule has 1 aliphatic heterocycles. The van der Waals surface area contributed by atoms with Gasteiger partial charge in [-0.3, -0.25) is 0 Å². The molecule has 0 spiro atoms. The standard InChI is InChI=1S/C39H30O2/c1-2-16-31(17-3-1)41-39-36(38-34-20-10-6-14-28(34)23-29-15-7-11-21-35(29)38)24-30(25-40-39)37-32-18-8-4-12-26(32)22-27-13-5-9-19-33(27)37/h1-23,30,36,39H,24-25H2. The van der Waals surface area contributed by atoms with Gasteiger partial charge in [-0.25, -0.2) is 0 Å². The smallest absolute Gasteiger partial charge is 0.206 e. The molecule has 0 bridgehead atoms. The van der Waals surface area contributed by atoms with Gasteiger partial charge in [-0.05, 0) is 84.9 Å². The fourth-order valence-corrected chi connectivity index (χ4v) is 6.95. The van der Waals surface area contributed by atoms with E-state index in [0.717, 1.165) is 12.2 Å². The van der Waals surface area contributed by atoms with Gasteiger partial charge < -0.3 is 9.47 Å². The summed E-state index contributed by atoms with van der Waals surface area (Å²) >= 11 is 0. The van der Waals surface area contributed by atoms with Crippen LogP contribution in [0.15, 0.2) is 140 Å². The van der Waals surface area contributed by atoms with Crippen molar-refractivity contribution in [2.45, 2.75) is 24.5 Å². The van der Waals surface area contributed by atoms with Gasteiger partial charge in [0, 0.05) is 11.8 Å². The van der Waals surface area contributed by atoms with Gasteiger partial charge >= 0.3 is 0 Å². The van der Waals surface area contributed by atoms with Crippen molar-refractivity contribution in [2.24, 2.45) is 0 Å². The van der Waals surface area contributed by atoms with Crippen LogP contribution in [0.4, 0.5) is 0 Å². The Balaban J connectivity index is 1.34. The Morgan fingerprint density at radius 2 is 0.927 bits per heavy atom. The van der Waals surface area contributed by atoms with Crippen LogP contribution in [-0.2, 0) is 4.74 Å². The maximum absolute atomic E-state index is 6.79. The molecule has 0 aliphatic carbocycles. The predicted octanol–water partition coefficient (Wildman–Crippen LogP) is 9.99. The van der Waals surface area contributed by atoms with Crippen LogP contribution >= 0.6 is 0 Å². The molecule has 0 aromatic heterocycles. The first-order valence-corrected chi connectivity index (χ1v) is 14.5. The van der Waals surface area contributed by atoms with E-state index in [0.29, 0.717) is 6.61 Å². The van der Waals surface area contributed by atoms with Gasteiger partial charge in [-0.2, -0.15) is 0 Å². The Morgan fingerprint density at radius 1 is 0.488 bits per heavy atom. The molecule has 3 atom stereocenters. The number of hydrogen-bond donors (Lipinski definition) is 0. The van der Waals surface area contributed by atoms with E-state index in [2.05, 4.69) is 109 Å². The van der Waals surface area contributed by atoms with E-state index in [1.165, 1.54) is 54.2 Å². The van der Waals surface area contributed by atoms with Crippen LogP contribution in [0.5, 0.6) is 5.75 Å². The molecule has 1 fully saturated rings. The second-order valence-electron chi connectivity index (χ2n) is 11.1. The first kappa shape index (κ1) is 24.2. The van der Waals surface area contributed by atoms with Crippen LogP contribution in [0, 0.1) is 0 Å². The number of para-hydroxylation sites is 1. The fourth-order valence-electron chi connectivity index (χ4n) is 6.95. The number of ether oxygens (including phenoxy) is 2. The van der Waals surface area contributed by atoms with Gasteiger partial charge in [0.15, 0.2) is 0 Å². The minimum Gasteiger partial charge on any atom is -0.464 e. The summed E-state index contributed by atoms with van der Waals surface area (Å²) in [5, 5.41) is 10.2. The highest BCUT2D eigenvalue weighted by atomic mass is 16.7. The molecule has 198 valence electrons. The molecule has 2 heteroatoms. The SMILES string of the molecule is c1ccc(OC2OCC(c3c4ccccc4cc4ccccc34)CC2c2c3ccccc3cc3ccccc23)cc1. The van der Waals surface area contributed by atoms with Crippen LogP contribution in [0.1, 0.15) is 29.4 Å². The molecular weight excluding hydrogens is 500 g/mol. The molecule has 1 saturated heterocycles. The highest BCUT2D eigenvalue weighted by Gasteiger charge is 2.37. The van der Waals surface area contributed by atoms with Crippen molar-refractivity contribution in [2.75, 3.05) is 6.61 Å². The molecule has 0 amide bonds. The van der Waals surface area contributed by atoms with E-state index in [1.54, 1.807) is 0 Å². The Bertz CT molecular complexity index is 1920. The Hall–Kier alpha value is -4.66. The van der Waals surface area contributed by atoms with Crippen molar-refractivity contribution in [3.63, 3.8) is 0 Å². The molecule has 0 saturated carbocycles. The molecule has 0 N–H and O–H groups in total. The van der Waals surface area contributed by atoms with E-state index in [-0.39, 0.29) is 11.8 Å². The number of fused-ring (bicyclic) bond motifs is 4. The van der Waals surface area contributed by atoms with Crippen molar-refractivity contribution in [3.8, 4) is 5.75 Å². The van der Waals surface area contributed by atoms with Crippen molar-refractivity contribution in [3.05, 3.63) is 151 Å². The van der Waals surface area contributed by atoms with Gasteiger partial charge in [0.05, 0.1) is 6.61 Å². The van der Waals surface area contributed by atoms with E-state index < -0.39 is 6.29 Å². The fraction of sp³-hybridized carbons (Fsp3) is 0.128. The molecule has 41 heavy (non-hydrogen) atoms. The van der Waals surface area contributed by atoms with Crippen LogP contribution in [0.25, 0.3) is 43.1 Å². The third-order valence-electron chi connectivity index (χ3n) is 8.73. The van der Waals surface area contributed by atoms with Gasteiger partial charge in [-0.15, -0.1) is 0 Å². The largest absolute Gasteiger partial charge is 0.464 e. The lowest BCUT2D eigenvalue weighted by atomic mass is 9.77. The lowest BCUT2D eigenvalue weighted by Gasteiger charge is -2.38. The highest BCUT2D eigenvalue weighted by molar-refractivity contribution is 6.04. The van der Waals surface area contributed by atoms with Gasteiger partial charge in [-0.1, -0.05) is 115 Å². The topological polar surface area (TPSA) is 18.5 Å². The molecule has 3 unspecified atom stereocenters. The summed E-state index contributed by atoms with van der Waals surface area (Å²) in [6.07, 6.45) is 0.525. The summed E-state index contributed by atoms with van der Waals surface area (Å²) in [5.74, 6) is 1.08. The average molecular weight is 531 g/mol. The Morgan fingerprint density at radius 3 is 1.44 bits per heavy atom. The minimum atomic E-state index is -0.399. The number of hydrogen-bond acceptors (Lipinski definition) is 2. The Labute approximate surface area is 239 Å². The van der Waals surface area contributed by atoms with E-state index >= 15 is 0 Å². The second kappa shape index (κ2) is 10.1. The molecule has 8 rings (SSSR count). The van der Waals surface area contributed by atoms with Crippen LogP contribution in [0.2, 0.25) is 0 Å². The van der Waals surface area contributed by atoms with Crippen molar-refractivity contribution in [1.29, 1.82) is 0 Å². The quantitative estimate of drug-likeness (QED) is 0.211. The molecular formula is C39H30O2. The van der Waals surface area contributed by atoms with Crippen molar-refractivity contribution < 1.29 is 9.47 Å². The average Bonchev–Trinajstić information content (AvgIpc) is 3.03. The first-order chi connectivity index (χ1) is 20.3. The molecule has 1 aliphatic rings. The van der Waals surface area contributed by atoms with Crippen LogP contribution in [-0.4, -0.2) is 12.9 Å². The van der Waals surface area contributed by atoms with Gasteiger partial charge in [0.25, 0.3) is 0 Å². The van der Waals surface area contributed by atoms with Gasteiger partial charge in [0.2, 0.25) is 6.29 Å². The summed E-state index contributed by atoms with van der Waals surface area (Å²) in [6, 6.07) is 49.8. The van der Waals surface area contributed by atoms with E-state index in [4.69, 9.17) is 9.47 Å². The Kier molecular flexibility index (Phi) is 5.93. The maximum Gasteiger partial charge on any atom is 0.206 e. The molecule has 0 radical (unpaired) electrons. The maximum atomic E-state index is 6.79. The van der Waals surface area contributed by atoms with E-state index in [9.17, 15) is 0 Å². The minimum absolute atomic E-state index is 0.0303. The zero-order valence-electron chi connectivity index (χ0n) is 22.7. The summed E-state index contributed by atoms with van der Waals surface area (Å²) in [4.78, 5) is 0. The van der Waals surface area contributed by atoms with Gasteiger partial charge in [0.1, 0.15) is 5.75 Å². The lowest BCUT2D eigenvalue weighted by molar-refractivity contribution is -0.126. The summed E-state index contributed by atoms with van der Waals surface area (Å²) in [5.41, 5.74) is 2.69. The molecule has 7 aromatic rings. The normalized spacial score (nSPS) is 19.2. The molecule has 7 aromatic carbocycles. The lowest BCUT2D eigenvalue weighted by Crippen LogP contribution is -2.36. The third-order valence-corrected chi connectivity index (χ3v) is 8.73. The second-order valence-corrected chi connectivity index (χ2v) is 11.1. The number of benzene rings is 7. The van der Waals surface area contributed by atoms with Crippen LogP contribution < -0.4 is 4.74 Å². The van der Waals surface area contributed by atoms with E-state index in [1.807, 2.05) is 30.3 Å².